The fraction of sp³-hybridized carbons (Fsp3) is 0.625. The maximum absolute atomic E-state index is 5.82. The van der Waals surface area contributed by atoms with Crippen LogP contribution in [0.25, 0.3) is 0 Å². The van der Waals surface area contributed by atoms with Gasteiger partial charge in [-0.15, -0.1) is 0 Å². The molecule has 4 heteroatoms. The first-order valence-electron chi connectivity index (χ1n) is 7.33. The molecule has 1 fully saturated rings. The number of fused-ring (bicyclic) bond motifs is 1. The topological polar surface area (TPSA) is 18.5 Å². The van der Waals surface area contributed by atoms with Crippen molar-refractivity contribution in [3.63, 3.8) is 0 Å². The van der Waals surface area contributed by atoms with E-state index in [1.54, 1.807) is 0 Å². The summed E-state index contributed by atoms with van der Waals surface area (Å²) in [6.45, 7) is 3.85. The number of rotatable bonds is 2. The molecule has 1 aromatic rings. The van der Waals surface area contributed by atoms with Gasteiger partial charge in [0.25, 0.3) is 0 Å². The van der Waals surface area contributed by atoms with Crippen molar-refractivity contribution in [3.8, 4) is 11.5 Å². The second kappa shape index (κ2) is 5.88. The smallest absolute Gasteiger partial charge is 0.162 e. The zero-order valence-corrected chi connectivity index (χ0v) is 14.9. The lowest BCUT2D eigenvalue weighted by Crippen LogP contribution is -2.18. The molecule has 0 spiro atoms. The van der Waals surface area contributed by atoms with Crippen LogP contribution in [0.4, 0.5) is 0 Å². The summed E-state index contributed by atoms with van der Waals surface area (Å²) in [4.78, 5) is 0.351. The monoisotopic (exact) mass is 402 g/mol. The normalized spacial score (nSPS) is 22.4. The molecule has 0 radical (unpaired) electrons. The second-order valence-corrected chi connectivity index (χ2v) is 7.86. The van der Waals surface area contributed by atoms with Crippen molar-refractivity contribution in [1.29, 1.82) is 0 Å². The van der Waals surface area contributed by atoms with Crippen LogP contribution >= 0.6 is 31.9 Å². The fourth-order valence-electron chi connectivity index (χ4n) is 3.21. The van der Waals surface area contributed by atoms with Gasteiger partial charge in [0.2, 0.25) is 0 Å². The van der Waals surface area contributed by atoms with E-state index in [0.717, 1.165) is 35.6 Å². The Morgan fingerprint density at radius 3 is 2.30 bits per heavy atom. The fourth-order valence-corrected chi connectivity index (χ4v) is 4.90. The number of benzene rings is 1. The predicted octanol–water partition coefficient (Wildman–Crippen LogP) is 5.63. The highest BCUT2D eigenvalue weighted by atomic mass is 79.9. The van der Waals surface area contributed by atoms with E-state index >= 15 is 0 Å². The zero-order valence-electron chi connectivity index (χ0n) is 11.8. The number of hydrogen-bond acceptors (Lipinski definition) is 2. The van der Waals surface area contributed by atoms with Crippen molar-refractivity contribution in [2.75, 3.05) is 13.2 Å². The minimum atomic E-state index is 0.336. The summed E-state index contributed by atoms with van der Waals surface area (Å²) in [5, 5.41) is 0. The second-order valence-electron chi connectivity index (χ2n) is 6.09. The molecule has 0 saturated heterocycles. The Morgan fingerprint density at radius 2 is 1.65 bits per heavy atom. The first-order valence-corrected chi connectivity index (χ1v) is 9.04. The van der Waals surface area contributed by atoms with E-state index in [1.165, 1.54) is 31.2 Å². The molecule has 110 valence electrons. The largest absolute Gasteiger partial charge is 0.490 e. The molecule has 1 aliphatic carbocycles. The van der Waals surface area contributed by atoms with Crippen LogP contribution in [-0.2, 0) is 0 Å². The minimum Gasteiger partial charge on any atom is -0.490 e. The molecule has 1 atom stereocenters. The van der Waals surface area contributed by atoms with Crippen LogP contribution in [0, 0.1) is 5.41 Å². The average Bonchev–Trinajstić information content (AvgIpc) is 2.75. The quantitative estimate of drug-likeness (QED) is 0.596. The number of ether oxygens (including phenoxy) is 2. The van der Waals surface area contributed by atoms with Gasteiger partial charge in [-0.3, -0.25) is 0 Å². The SMILES string of the molecule is CC1(C(Br)c2cc3c(cc2Br)OCCCO3)CCCC1. The molecule has 3 rings (SSSR count). The molecule has 20 heavy (non-hydrogen) atoms. The van der Waals surface area contributed by atoms with Gasteiger partial charge in [-0.1, -0.05) is 51.6 Å². The summed E-state index contributed by atoms with van der Waals surface area (Å²) in [5.74, 6) is 1.74. The van der Waals surface area contributed by atoms with Gasteiger partial charge in [0.05, 0.1) is 13.2 Å². The molecule has 1 aromatic carbocycles. The molecule has 0 amide bonds. The number of hydrogen-bond donors (Lipinski definition) is 0. The molecular weight excluding hydrogens is 384 g/mol. The van der Waals surface area contributed by atoms with Crippen molar-refractivity contribution in [3.05, 3.63) is 22.2 Å². The Morgan fingerprint density at radius 1 is 1.05 bits per heavy atom. The third-order valence-corrected chi connectivity index (χ3v) is 6.78. The Kier molecular flexibility index (Phi) is 4.32. The van der Waals surface area contributed by atoms with Crippen LogP contribution in [0.15, 0.2) is 16.6 Å². The van der Waals surface area contributed by atoms with Crippen molar-refractivity contribution < 1.29 is 9.47 Å². The van der Waals surface area contributed by atoms with E-state index in [4.69, 9.17) is 9.47 Å². The van der Waals surface area contributed by atoms with Gasteiger partial charge >= 0.3 is 0 Å². The van der Waals surface area contributed by atoms with Gasteiger partial charge in [-0.05, 0) is 36.0 Å². The van der Waals surface area contributed by atoms with Gasteiger partial charge < -0.3 is 9.47 Å². The standard InChI is InChI=1S/C16H20Br2O2/c1-16(5-2-3-6-16)15(18)11-9-13-14(10-12(11)17)20-8-4-7-19-13/h9-10,15H,2-8H2,1H3. The van der Waals surface area contributed by atoms with Gasteiger partial charge in [0, 0.05) is 15.7 Å². The van der Waals surface area contributed by atoms with E-state index in [2.05, 4.69) is 50.9 Å². The van der Waals surface area contributed by atoms with Gasteiger partial charge in [0.15, 0.2) is 11.5 Å². The maximum atomic E-state index is 5.82. The molecule has 0 bridgehead atoms. The first kappa shape index (κ1) is 14.7. The summed E-state index contributed by atoms with van der Waals surface area (Å²) in [6.07, 6.45) is 6.17. The Bertz CT molecular complexity index is 495. The van der Waals surface area contributed by atoms with Crippen LogP contribution in [0.3, 0.4) is 0 Å². The first-order chi connectivity index (χ1) is 9.60. The Labute approximate surface area is 137 Å². The van der Waals surface area contributed by atoms with E-state index in [-0.39, 0.29) is 0 Å². The molecular formula is C16H20Br2O2. The lowest BCUT2D eigenvalue weighted by molar-refractivity contribution is 0.296. The molecule has 1 unspecified atom stereocenters. The lowest BCUT2D eigenvalue weighted by Gasteiger charge is -2.31. The van der Waals surface area contributed by atoms with Crippen LogP contribution in [0.1, 0.15) is 49.4 Å². The van der Waals surface area contributed by atoms with Gasteiger partial charge in [0.1, 0.15) is 0 Å². The molecule has 1 saturated carbocycles. The highest BCUT2D eigenvalue weighted by Gasteiger charge is 2.37. The molecule has 2 nitrogen and oxygen atoms in total. The van der Waals surface area contributed by atoms with Crippen molar-refractivity contribution >= 4 is 31.9 Å². The highest BCUT2D eigenvalue weighted by Crippen LogP contribution is 2.54. The summed E-state index contributed by atoms with van der Waals surface area (Å²) >= 11 is 7.65. The average molecular weight is 404 g/mol. The maximum Gasteiger partial charge on any atom is 0.162 e. The molecule has 0 N–H and O–H groups in total. The van der Waals surface area contributed by atoms with Crippen LogP contribution < -0.4 is 9.47 Å². The molecule has 2 aliphatic rings. The van der Waals surface area contributed by atoms with Crippen molar-refractivity contribution in [1.82, 2.24) is 0 Å². The molecule has 1 aliphatic heterocycles. The summed E-state index contributed by atoms with van der Waals surface area (Å²) in [6, 6.07) is 4.20. The summed E-state index contributed by atoms with van der Waals surface area (Å²) in [5.41, 5.74) is 1.61. The van der Waals surface area contributed by atoms with Crippen LogP contribution in [-0.4, -0.2) is 13.2 Å². The Balaban J connectivity index is 1.95. The lowest BCUT2D eigenvalue weighted by atomic mass is 9.82. The molecule has 0 aromatic heterocycles. The van der Waals surface area contributed by atoms with E-state index < -0.39 is 0 Å². The summed E-state index contributed by atoms with van der Waals surface area (Å²) < 4.78 is 12.7. The van der Waals surface area contributed by atoms with E-state index in [0.29, 0.717) is 10.2 Å². The highest BCUT2D eigenvalue weighted by molar-refractivity contribution is 9.11. The number of alkyl halides is 1. The zero-order chi connectivity index (χ0) is 14.2. The third kappa shape index (κ3) is 2.74. The van der Waals surface area contributed by atoms with Gasteiger partial charge in [-0.25, -0.2) is 0 Å². The van der Waals surface area contributed by atoms with Crippen molar-refractivity contribution in [2.45, 2.75) is 43.9 Å². The molecule has 1 heterocycles. The van der Waals surface area contributed by atoms with E-state index in [1.807, 2.05) is 0 Å². The minimum absolute atomic E-state index is 0.336. The van der Waals surface area contributed by atoms with Crippen LogP contribution in [0.2, 0.25) is 0 Å². The third-order valence-electron chi connectivity index (χ3n) is 4.50. The Hall–Kier alpha value is -0.220. The van der Waals surface area contributed by atoms with Gasteiger partial charge in [-0.2, -0.15) is 0 Å². The van der Waals surface area contributed by atoms with Crippen LogP contribution in [0.5, 0.6) is 11.5 Å². The number of halogens is 2. The van der Waals surface area contributed by atoms with Crippen molar-refractivity contribution in [2.24, 2.45) is 5.41 Å². The predicted molar refractivity (Wildman–Crippen MR) is 88.0 cm³/mol. The van der Waals surface area contributed by atoms with E-state index in [9.17, 15) is 0 Å². The summed E-state index contributed by atoms with van der Waals surface area (Å²) in [7, 11) is 0.